The minimum atomic E-state index is -1.01. The van der Waals surface area contributed by atoms with Crippen LogP contribution in [0.25, 0.3) is 0 Å². The van der Waals surface area contributed by atoms with E-state index in [1.807, 2.05) is 0 Å². The molecule has 0 amide bonds. The molecule has 0 bridgehead atoms. The summed E-state index contributed by atoms with van der Waals surface area (Å²) in [6.45, 7) is 3.44. The normalized spacial score (nSPS) is 27.9. The second-order valence-corrected chi connectivity index (χ2v) is 2.39. The summed E-state index contributed by atoms with van der Waals surface area (Å²) in [6.07, 6.45) is 0. The Hall–Kier alpha value is -1.32. The van der Waals surface area contributed by atoms with E-state index in [-0.39, 0.29) is 0 Å². The predicted molar refractivity (Wildman–Crippen MR) is 35.8 cm³/mol. The quantitative estimate of drug-likeness (QED) is 0.453. The van der Waals surface area contributed by atoms with Gasteiger partial charge in [0.1, 0.15) is 0 Å². The number of carboxylic acid groups (broad SMARTS) is 1. The van der Waals surface area contributed by atoms with Crippen LogP contribution in [-0.4, -0.2) is 24.2 Å². The smallest absolute Gasteiger partial charge is 0.314 e. The van der Waals surface area contributed by atoms with Crippen molar-refractivity contribution >= 4 is 11.9 Å². The molecule has 0 aromatic heterocycles. The topological polar surface area (TPSA) is 63.6 Å². The number of carbonyl (C=O) groups excluding carboxylic acids is 1. The van der Waals surface area contributed by atoms with Crippen molar-refractivity contribution < 1.29 is 19.4 Å². The Kier molecular flexibility index (Phi) is 1.68. The Bertz CT molecular complexity index is 231. The first-order valence-electron chi connectivity index (χ1n) is 3.09. The predicted octanol–water partition coefficient (Wildman–Crippen LogP) is 0.0462. The van der Waals surface area contributed by atoms with Crippen LogP contribution in [0, 0.1) is 11.8 Å². The molecule has 1 rings (SSSR count). The number of carboxylic acids is 1. The highest BCUT2D eigenvalue weighted by atomic mass is 16.5. The van der Waals surface area contributed by atoms with Crippen LogP contribution < -0.4 is 0 Å². The Morgan fingerprint density at radius 2 is 2.09 bits per heavy atom. The lowest BCUT2D eigenvalue weighted by atomic mass is 10.3. The van der Waals surface area contributed by atoms with Crippen LogP contribution in [0.15, 0.2) is 12.2 Å². The lowest BCUT2D eigenvalue weighted by Crippen LogP contribution is -2.08. The number of aliphatic carboxylic acids is 1. The van der Waals surface area contributed by atoms with Crippen molar-refractivity contribution in [3.05, 3.63) is 12.2 Å². The highest BCUT2D eigenvalue weighted by Gasteiger charge is 2.53. The van der Waals surface area contributed by atoms with Gasteiger partial charge in [0.2, 0.25) is 0 Å². The Balaban J connectivity index is 2.62. The van der Waals surface area contributed by atoms with Crippen molar-refractivity contribution in [2.75, 3.05) is 7.11 Å². The maximum atomic E-state index is 10.8. The van der Waals surface area contributed by atoms with E-state index >= 15 is 0 Å². The number of hydrogen-bond acceptors (Lipinski definition) is 3. The fourth-order valence-corrected chi connectivity index (χ4v) is 1.03. The van der Waals surface area contributed by atoms with Crippen LogP contribution in [0.5, 0.6) is 0 Å². The molecule has 1 fully saturated rings. The third-order valence-corrected chi connectivity index (χ3v) is 1.74. The zero-order chi connectivity index (χ0) is 8.59. The first-order chi connectivity index (χ1) is 5.09. The summed E-state index contributed by atoms with van der Waals surface area (Å²) in [5, 5.41) is 8.47. The summed E-state index contributed by atoms with van der Waals surface area (Å²) in [6, 6.07) is 0. The van der Waals surface area contributed by atoms with E-state index in [1.165, 1.54) is 7.11 Å². The number of methoxy groups -OCH3 is 1. The molecule has 2 atom stereocenters. The van der Waals surface area contributed by atoms with Crippen molar-refractivity contribution in [1.29, 1.82) is 0 Å². The average molecular weight is 156 g/mol. The molecular formula is C7H8O4. The van der Waals surface area contributed by atoms with Crippen molar-refractivity contribution in [3.8, 4) is 0 Å². The molecule has 0 aromatic carbocycles. The fourth-order valence-electron chi connectivity index (χ4n) is 1.03. The number of rotatable bonds is 2. The van der Waals surface area contributed by atoms with Gasteiger partial charge in [-0.1, -0.05) is 6.58 Å². The summed E-state index contributed by atoms with van der Waals surface area (Å²) >= 11 is 0. The minimum Gasteiger partial charge on any atom is -0.481 e. The first-order valence-corrected chi connectivity index (χ1v) is 3.09. The molecule has 11 heavy (non-hydrogen) atoms. The molecule has 60 valence electrons. The molecule has 4 nitrogen and oxygen atoms in total. The third-order valence-electron chi connectivity index (χ3n) is 1.74. The summed E-state index contributed by atoms with van der Waals surface area (Å²) in [7, 11) is 1.23. The summed E-state index contributed by atoms with van der Waals surface area (Å²) < 4.78 is 4.36. The maximum absolute atomic E-state index is 10.8. The molecule has 0 unspecified atom stereocenters. The fraction of sp³-hybridized carbons (Fsp3) is 0.429. The standard InChI is InChI=1S/C7H8O4/c1-3-4(6(8)9)5(3)7(10)11-2/h4-5H,1H2,2H3,(H,8,9)/t4-,5-/m0/s1. The number of ether oxygens (including phenoxy) is 1. The SMILES string of the molecule is C=C1[C@H](C(=O)O)[C@H]1C(=O)OC. The van der Waals surface area contributed by atoms with Crippen molar-refractivity contribution in [2.45, 2.75) is 0 Å². The number of carbonyl (C=O) groups is 2. The van der Waals surface area contributed by atoms with Gasteiger partial charge in [-0.05, 0) is 5.57 Å². The molecule has 1 aliphatic carbocycles. The van der Waals surface area contributed by atoms with Crippen LogP contribution in [0.1, 0.15) is 0 Å². The van der Waals surface area contributed by atoms with Crippen molar-refractivity contribution in [1.82, 2.24) is 0 Å². The zero-order valence-corrected chi connectivity index (χ0v) is 6.03. The molecule has 1 saturated carbocycles. The van der Waals surface area contributed by atoms with Crippen LogP contribution in [-0.2, 0) is 14.3 Å². The van der Waals surface area contributed by atoms with E-state index in [4.69, 9.17) is 5.11 Å². The first kappa shape index (κ1) is 7.78. The van der Waals surface area contributed by atoms with E-state index < -0.39 is 23.8 Å². The Labute approximate surface area is 63.5 Å². The van der Waals surface area contributed by atoms with E-state index in [0.29, 0.717) is 5.57 Å². The second-order valence-electron chi connectivity index (χ2n) is 2.39. The molecule has 0 aromatic rings. The van der Waals surface area contributed by atoms with Gasteiger partial charge < -0.3 is 9.84 Å². The van der Waals surface area contributed by atoms with Crippen LogP contribution >= 0.6 is 0 Å². The summed E-state index contributed by atoms with van der Waals surface area (Å²) in [5.74, 6) is -2.85. The highest BCUT2D eigenvalue weighted by molar-refractivity contribution is 5.93. The Morgan fingerprint density at radius 3 is 2.36 bits per heavy atom. The van der Waals surface area contributed by atoms with Gasteiger partial charge in [-0.25, -0.2) is 0 Å². The maximum Gasteiger partial charge on any atom is 0.314 e. The second kappa shape index (κ2) is 2.38. The lowest BCUT2D eigenvalue weighted by molar-refractivity contribution is -0.146. The van der Waals surface area contributed by atoms with Gasteiger partial charge >= 0.3 is 11.9 Å². The largest absolute Gasteiger partial charge is 0.481 e. The zero-order valence-electron chi connectivity index (χ0n) is 6.03. The molecule has 0 aliphatic heterocycles. The van der Waals surface area contributed by atoms with Crippen LogP contribution in [0.4, 0.5) is 0 Å². The van der Waals surface area contributed by atoms with E-state index in [1.54, 1.807) is 0 Å². The van der Waals surface area contributed by atoms with Crippen LogP contribution in [0.3, 0.4) is 0 Å². The summed E-state index contributed by atoms with van der Waals surface area (Å²) in [5.41, 5.74) is 0.435. The monoisotopic (exact) mass is 156 g/mol. The third kappa shape index (κ3) is 1.11. The minimum absolute atomic E-state index is 0.435. The number of esters is 1. The molecule has 1 N–H and O–H groups in total. The van der Waals surface area contributed by atoms with E-state index in [2.05, 4.69) is 11.3 Å². The van der Waals surface area contributed by atoms with Gasteiger partial charge in [0.25, 0.3) is 0 Å². The molecule has 0 spiro atoms. The molecule has 0 radical (unpaired) electrons. The van der Waals surface area contributed by atoms with Gasteiger partial charge in [-0.15, -0.1) is 0 Å². The number of hydrogen-bond donors (Lipinski definition) is 1. The van der Waals surface area contributed by atoms with Crippen LogP contribution in [0.2, 0.25) is 0 Å². The molecular weight excluding hydrogens is 148 g/mol. The lowest BCUT2D eigenvalue weighted by Gasteiger charge is -1.92. The summed E-state index contributed by atoms with van der Waals surface area (Å²) in [4.78, 5) is 21.1. The van der Waals surface area contributed by atoms with Gasteiger partial charge in [-0.2, -0.15) is 0 Å². The molecule has 4 heteroatoms. The molecule has 1 aliphatic rings. The average Bonchev–Trinajstić information content (AvgIpc) is 2.60. The molecule has 0 heterocycles. The van der Waals surface area contributed by atoms with Gasteiger partial charge in [0.15, 0.2) is 0 Å². The highest BCUT2D eigenvalue weighted by Crippen LogP contribution is 2.44. The Morgan fingerprint density at radius 1 is 1.55 bits per heavy atom. The van der Waals surface area contributed by atoms with Gasteiger partial charge in [-0.3, -0.25) is 9.59 Å². The van der Waals surface area contributed by atoms with Gasteiger partial charge in [0.05, 0.1) is 18.9 Å². The van der Waals surface area contributed by atoms with E-state index in [0.717, 1.165) is 0 Å². The van der Waals surface area contributed by atoms with Crippen molar-refractivity contribution in [3.63, 3.8) is 0 Å². The van der Waals surface area contributed by atoms with Gasteiger partial charge in [0, 0.05) is 0 Å². The van der Waals surface area contributed by atoms with Crippen molar-refractivity contribution in [2.24, 2.45) is 11.8 Å². The molecule has 0 saturated heterocycles. The van der Waals surface area contributed by atoms with E-state index in [9.17, 15) is 9.59 Å².